The second kappa shape index (κ2) is 6.36. The molecule has 1 aromatic rings. The molecule has 0 aliphatic heterocycles. The predicted octanol–water partition coefficient (Wildman–Crippen LogP) is 4.09. The van der Waals surface area contributed by atoms with Gasteiger partial charge in [0.15, 0.2) is 0 Å². The van der Waals surface area contributed by atoms with Crippen LogP contribution in [0.3, 0.4) is 0 Å². The first-order valence-electron chi connectivity index (χ1n) is 4.49. The van der Waals surface area contributed by atoms with E-state index >= 15 is 0 Å². The zero-order valence-electron chi connectivity index (χ0n) is 8.84. The molecule has 0 heterocycles. The fourth-order valence-corrected chi connectivity index (χ4v) is 2.04. The minimum absolute atomic E-state index is 0. The average molecular weight is 283 g/mol. The Kier molecular flexibility index (Phi) is 6.19. The van der Waals surface area contributed by atoms with Crippen LogP contribution in [0, 0.1) is 0 Å². The van der Waals surface area contributed by atoms with Gasteiger partial charge < -0.3 is 10.8 Å². The molecule has 5 heteroatoms. The van der Waals surface area contributed by atoms with Crippen molar-refractivity contribution in [3.05, 3.63) is 39.9 Å². The number of phenols is 1. The molecule has 0 spiro atoms. The maximum absolute atomic E-state index is 9.68. The van der Waals surface area contributed by atoms with Crippen molar-refractivity contribution in [3.63, 3.8) is 0 Å². The van der Waals surface area contributed by atoms with Crippen molar-refractivity contribution in [1.29, 1.82) is 0 Å². The van der Waals surface area contributed by atoms with E-state index in [-0.39, 0.29) is 24.2 Å². The van der Waals surface area contributed by atoms with Gasteiger partial charge in [0.2, 0.25) is 0 Å². The molecule has 1 rings (SSSR count). The summed E-state index contributed by atoms with van der Waals surface area (Å²) in [5.74, 6) is 0.0289. The minimum Gasteiger partial charge on any atom is -0.508 e. The molecule has 0 saturated heterocycles. The molecule has 3 N–H and O–H groups in total. The van der Waals surface area contributed by atoms with Crippen molar-refractivity contribution in [1.82, 2.24) is 0 Å². The molecule has 0 radical (unpaired) electrons. The van der Waals surface area contributed by atoms with Crippen molar-refractivity contribution in [2.24, 2.45) is 5.73 Å². The van der Waals surface area contributed by atoms with Gasteiger partial charge in [0.1, 0.15) is 5.75 Å². The number of hydrogen-bond acceptors (Lipinski definition) is 2. The molecule has 0 aliphatic carbocycles. The van der Waals surface area contributed by atoms with Crippen LogP contribution in [0.1, 0.15) is 24.9 Å². The molecule has 0 saturated carbocycles. The molecule has 0 aromatic heterocycles. The summed E-state index contributed by atoms with van der Waals surface area (Å²) in [6.07, 6.45) is 0.578. The molecule has 1 aromatic carbocycles. The predicted molar refractivity (Wildman–Crippen MR) is 71.7 cm³/mol. The SMILES string of the molecule is C=C(C)C[C@@H](N)c1c(O)cc(Cl)cc1Cl.Cl. The van der Waals surface area contributed by atoms with E-state index in [1.54, 1.807) is 6.07 Å². The molecule has 0 aliphatic rings. The van der Waals surface area contributed by atoms with Crippen molar-refractivity contribution in [3.8, 4) is 5.75 Å². The highest BCUT2D eigenvalue weighted by Crippen LogP contribution is 2.35. The third-order valence-corrected chi connectivity index (χ3v) is 2.54. The highest BCUT2D eigenvalue weighted by molar-refractivity contribution is 6.35. The topological polar surface area (TPSA) is 46.2 Å². The quantitative estimate of drug-likeness (QED) is 0.820. The van der Waals surface area contributed by atoms with Gasteiger partial charge in [-0.2, -0.15) is 0 Å². The summed E-state index contributed by atoms with van der Waals surface area (Å²) in [7, 11) is 0. The summed E-state index contributed by atoms with van der Waals surface area (Å²) in [5, 5.41) is 10.5. The molecule has 2 nitrogen and oxygen atoms in total. The number of phenolic OH excluding ortho intramolecular Hbond substituents is 1. The van der Waals surface area contributed by atoms with Crippen LogP contribution in [0.5, 0.6) is 5.75 Å². The molecule has 0 unspecified atom stereocenters. The molecule has 0 bridgehead atoms. The smallest absolute Gasteiger partial charge is 0.123 e. The fourth-order valence-electron chi connectivity index (χ4n) is 1.42. The first-order valence-corrected chi connectivity index (χ1v) is 5.25. The number of hydrogen-bond donors (Lipinski definition) is 2. The molecular formula is C11H14Cl3NO. The molecule has 0 fully saturated rings. The van der Waals surface area contributed by atoms with Crippen LogP contribution in [0.25, 0.3) is 0 Å². The first-order chi connectivity index (χ1) is 6.91. The lowest BCUT2D eigenvalue weighted by Gasteiger charge is -2.15. The zero-order chi connectivity index (χ0) is 11.6. The highest BCUT2D eigenvalue weighted by atomic mass is 35.5. The summed E-state index contributed by atoms with van der Waals surface area (Å²) < 4.78 is 0. The van der Waals surface area contributed by atoms with Crippen LogP contribution in [-0.4, -0.2) is 5.11 Å². The molecule has 16 heavy (non-hydrogen) atoms. The number of rotatable bonds is 3. The van der Waals surface area contributed by atoms with E-state index in [4.69, 9.17) is 28.9 Å². The maximum atomic E-state index is 9.68. The third-order valence-electron chi connectivity index (χ3n) is 2.01. The van der Waals surface area contributed by atoms with Crippen molar-refractivity contribution < 1.29 is 5.11 Å². The monoisotopic (exact) mass is 281 g/mol. The van der Waals surface area contributed by atoms with Crippen LogP contribution >= 0.6 is 35.6 Å². The van der Waals surface area contributed by atoms with Gasteiger partial charge in [-0.15, -0.1) is 19.0 Å². The minimum atomic E-state index is -0.354. The maximum Gasteiger partial charge on any atom is 0.123 e. The van der Waals surface area contributed by atoms with Gasteiger partial charge in [0.25, 0.3) is 0 Å². The number of aromatic hydroxyl groups is 1. The van der Waals surface area contributed by atoms with Crippen LogP contribution in [-0.2, 0) is 0 Å². The lowest BCUT2D eigenvalue weighted by Crippen LogP contribution is -2.11. The Balaban J connectivity index is 0.00000225. The molecular weight excluding hydrogens is 268 g/mol. The summed E-state index contributed by atoms with van der Waals surface area (Å²) >= 11 is 11.7. The van der Waals surface area contributed by atoms with E-state index in [0.717, 1.165) is 5.57 Å². The lowest BCUT2D eigenvalue weighted by molar-refractivity contribution is 0.461. The number of halogens is 3. The van der Waals surface area contributed by atoms with Gasteiger partial charge in [0, 0.05) is 16.6 Å². The van der Waals surface area contributed by atoms with Crippen molar-refractivity contribution in [2.75, 3.05) is 0 Å². The third kappa shape index (κ3) is 3.87. The number of benzene rings is 1. The van der Waals surface area contributed by atoms with Crippen molar-refractivity contribution >= 4 is 35.6 Å². The van der Waals surface area contributed by atoms with E-state index in [1.807, 2.05) is 6.92 Å². The van der Waals surface area contributed by atoms with Gasteiger partial charge in [-0.05, 0) is 25.5 Å². The van der Waals surface area contributed by atoms with E-state index < -0.39 is 0 Å². The van der Waals surface area contributed by atoms with Gasteiger partial charge in [-0.3, -0.25) is 0 Å². The normalized spacial score (nSPS) is 11.8. The van der Waals surface area contributed by atoms with Gasteiger partial charge >= 0.3 is 0 Å². The molecule has 90 valence electrons. The second-order valence-electron chi connectivity index (χ2n) is 3.59. The van der Waals surface area contributed by atoms with Gasteiger partial charge in [-0.1, -0.05) is 28.8 Å². The second-order valence-corrected chi connectivity index (χ2v) is 4.43. The Bertz CT molecular complexity index is 370. The Morgan fingerprint density at radius 2 is 2.06 bits per heavy atom. The van der Waals surface area contributed by atoms with E-state index in [9.17, 15) is 5.11 Å². The Labute approximate surface area is 111 Å². The van der Waals surface area contributed by atoms with E-state index in [1.165, 1.54) is 6.07 Å². The summed E-state index contributed by atoms with van der Waals surface area (Å²) in [5.41, 5.74) is 7.35. The molecule has 0 amide bonds. The van der Waals surface area contributed by atoms with Crippen LogP contribution < -0.4 is 5.73 Å². The van der Waals surface area contributed by atoms with Crippen molar-refractivity contribution in [2.45, 2.75) is 19.4 Å². The standard InChI is InChI=1S/C11H13Cl2NO.ClH/c1-6(2)3-9(14)11-8(13)4-7(12)5-10(11)15;/h4-5,9,15H,1,3,14H2,2H3;1H/t9-;/m1./s1. The highest BCUT2D eigenvalue weighted by Gasteiger charge is 2.15. The van der Waals surface area contributed by atoms with Crippen LogP contribution in [0.15, 0.2) is 24.3 Å². The number of nitrogens with two attached hydrogens (primary N) is 1. The summed E-state index contributed by atoms with van der Waals surface area (Å²) in [6.45, 7) is 5.64. The molecule has 1 atom stereocenters. The average Bonchev–Trinajstić information content (AvgIpc) is 1.99. The Hall–Kier alpha value is -0.410. The summed E-state index contributed by atoms with van der Waals surface area (Å²) in [4.78, 5) is 0. The van der Waals surface area contributed by atoms with E-state index in [0.29, 0.717) is 22.0 Å². The Morgan fingerprint density at radius 1 is 1.50 bits per heavy atom. The fraction of sp³-hybridized carbons (Fsp3) is 0.273. The van der Waals surface area contributed by atoms with E-state index in [2.05, 4.69) is 6.58 Å². The largest absolute Gasteiger partial charge is 0.508 e. The lowest BCUT2D eigenvalue weighted by atomic mass is 10.0. The summed E-state index contributed by atoms with van der Waals surface area (Å²) in [6, 6.07) is 2.64. The zero-order valence-corrected chi connectivity index (χ0v) is 11.2. The van der Waals surface area contributed by atoms with Gasteiger partial charge in [-0.25, -0.2) is 0 Å². The first kappa shape index (κ1) is 15.6. The van der Waals surface area contributed by atoms with Crippen LogP contribution in [0.4, 0.5) is 0 Å². The van der Waals surface area contributed by atoms with Crippen LogP contribution in [0.2, 0.25) is 10.0 Å². The van der Waals surface area contributed by atoms with Gasteiger partial charge in [0.05, 0.1) is 5.02 Å². The Morgan fingerprint density at radius 3 is 2.50 bits per heavy atom.